The van der Waals surface area contributed by atoms with Crippen LogP contribution < -0.4 is 14.4 Å². The van der Waals surface area contributed by atoms with Gasteiger partial charge in [-0.15, -0.1) is 0 Å². The van der Waals surface area contributed by atoms with Crippen molar-refractivity contribution < 1.29 is 19.2 Å². The number of non-ortho nitro benzene ring substituents is 1. The lowest BCUT2D eigenvalue weighted by atomic mass is 10.0. The monoisotopic (exact) mass is 512 g/mol. The van der Waals surface area contributed by atoms with Gasteiger partial charge in [0.25, 0.3) is 11.6 Å². The molecular weight excluding hydrogens is 484 g/mol. The second kappa shape index (κ2) is 10.4. The topological polar surface area (TPSA) is 98.0 Å². The second-order valence-corrected chi connectivity index (χ2v) is 9.19. The predicted octanol–water partition coefficient (Wildman–Crippen LogP) is 5.10. The highest BCUT2D eigenvalue weighted by Gasteiger charge is 2.25. The van der Waals surface area contributed by atoms with Crippen molar-refractivity contribution in [1.29, 1.82) is 0 Å². The van der Waals surface area contributed by atoms with E-state index in [9.17, 15) is 14.9 Å². The number of nitro groups is 1. The summed E-state index contributed by atoms with van der Waals surface area (Å²) in [4.78, 5) is 33.3. The molecule has 1 fully saturated rings. The van der Waals surface area contributed by atoms with E-state index in [4.69, 9.17) is 14.5 Å². The Balaban J connectivity index is 1.45. The molecule has 1 aliphatic rings. The molecule has 2 heterocycles. The summed E-state index contributed by atoms with van der Waals surface area (Å²) in [5.41, 5.74) is 4.76. The molecule has 4 aromatic rings. The molecule has 1 amide bonds. The number of benzene rings is 3. The van der Waals surface area contributed by atoms with E-state index in [1.165, 1.54) is 12.1 Å². The molecule has 0 atom stereocenters. The predicted molar refractivity (Wildman–Crippen MR) is 146 cm³/mol. The number of pyridine rings is 1. The maximum absolute atomic E-state index is 13.9. The normalized spacial score (nSPS) is 13.4. The van der Waals surface area contributed by atoms with Crippen molar-refractivity contribution in [3.05, 3.63) is 88.0 Å². The number of nitrogens with zero attached hydrogens (tertiary/aromatic N) is 4. The number of methoxy groups -OCH3 is 2. The minimum atomic E-state index is -0.406. The number of ether oxygens (including phenoxy) is 2. The van der Waals surface area contributed by atoms with Crippen LogP contribution in [0.15, 0.2) is 66.7 Å². The molecule has 0 saturated carbocycles. The minimum absolute atomic E-state index is 0.0555. The number of carbonyl (C=O) groups excluding carboxylic acids is 1. The van der Waals surface area contributed by atoms with Crippen LogP contribution >= 0.6 is 0 Å². The van der Waals surface area contributed by atoms with Gasteiger partial charge < -0.3 is 19.3 Å². The molecule has 0 unspecified atom stereocenters. The van der Waals surface area contributed by atoms with Crippen LogP contribution in [0.25, 0.3) is 22.2 Å². The van der Waals surface area contributed by atoms with Gasteiger partial charge in [0.15, 0.2) is 0 Å². The zero-order valence-electron chi connectivity index (χ0n) is 21.5. The highest BCUT2D eigenvalue weighted by molar-refractivity contribution is 6.07. The highest BCUT2D eigenvalue weighted by Crippen LogP contribution is 2.35. The number of anilines is 1. The molecule has 1 aliphatic heterocycles. The molecular formula is C29H28N4O5. The zero-order valence-corrected chi connectivity index (χ0v) is 21.5. The number of hydrogen-bond acceptors (Lipinski definition) is 7. The molecule has 38 heavy (non-hydrogen) atoms. The van der Waals surface area contributed by atoms with E-state index in [1.54, 1.807) is 32.4 Å². The van der Waals surface area contributed by atoms with Gasteiger partial charge in [-0.25, -0.2) is 4.98 Å². The van der Waals surface area contributed by atoms with Crippen LogP contribution in [0, 0.1) is 17.0 Å². The standard InChI is InChI=1S/C29H28N4O5/c1-19-4-11-26-24(16-19)25(18-27(30-26)23-10-9-22(37-2)17-28(23)38-3)29(34)32-14-12-31(13-15-32)20-5-7-21(8-6-20)33(35)36/h4-11,16-18H,12-15H2,1-3H3. The quantitative estimate of drug-likeness (QED) is 0.262. The Morgan fingerprint density at radius 2 is 1.66 bits per heavy atom. The smallest absolute Gasteiger partial charge is 0.269 e. The van der Waals surface area contributed by atoms with Gasteiger partial charge in [-0.2, -0.15) is 0 Å². The van der Waals surface area contributed by atoms with Crippen molar-refractivity contribution in [2.24, 2.45) is 0 Å². The SMILES string of the molecule is COc1ccc(-c2cc(C(=O)N3CCN(c4ccc([N+](=O)[O-])cc4)CC3)c3cc(C)ccc3n2)c(OC)c1. The van der Waals surface area contributed by atoms with E-state index in [-0.39, 0.29) is 11.6 Å². The van der Waals surface area contributed by atoms with E-state index >= 15 is 0 Å². The minimum Gasteiger partial charge on any atom is -0.497 e. The van der Waals surface area contributed by atoms with Crippen LogP contribution in [0.4, 0.5) is 11.4 Å². The molecule has 0 aliphatic carbocycles. The van der Waals surface area contributed by atoms with E-state index < -0.39 is 4.92 Å². The fourth-order valence-electron chi connectivity index (χ4n) is 4.79. The summed E-state index contributed by atoms with van der Waals surface area (Å²) in [6.07, 6.45) is 0. The molecule has 0 N–H and O–H groups in total. The lowest BCUT2D eigenvalue weighted by Crippen LogP contribution is -2.48. The van der Waals surface area contributed by atoms with Gasteiger partial charge in [-0.05, 0) is 49.4 Å². The Morgan fingerprint density at radius 3 is 2.32 bits per heavy atom. The Labute approximate surface area is 220 Å². The number of amides is 1. The Morgan fingerprint density at radius 1 is 0.921 bits per heavy atom. The van der Waals surface area contributed by atoms with E-state index in [0.717, 1.165) is 27.7 Å². The fraction of sp³-hybridized carbons (Fsp3) is 0.241. The largest absolute Gasteiger partial charge is 0.497 e. The average Bonchev–Trinajstić information content (AvgIpc) is 2.96. The number of hydrogen-bond donors (Lipinski definition) is 0. The molecule has 1 saturated heterocycles. The first-order valence-electron chi connectivity index (χ1n) is 12.3. The highest BCUT2D eigenvalue weighted by atomic mass is 16.6. The lowest BCUT2D eigenvalue weighted by Gasteiger charge is -2.36. The van der Waals surface area contributed by atoms with Gasteiger partial charge in [0.1, 0.15) is 11.5 Å². The number of carbonyl (C=O) groups is 1. The van der Waals surface area contributed by atoms with Crippen molar-refractivity contribution in [1.82, 2.24) is 9.88 Å². The van der Waals surface area contributed by atoms with Gasteiger partial charge >= 0.3 is 0 Å². The molecule has 0 radical (unpaired) electrons. The van der Waals surface area contributed by atoms with Crippen molar-refractivity contribution in [2.75, 3.05) is 45.3 Å². The third-order valence-electron chi connectivity index (χ3n) is 6.87. The molecule has 3 aromatic carbocycles. The van der Waals surface area contributed by atoms with Gasteiger partial charge in [-0.1, -0.05) is 11.6 Å². The summed E-state index contributed by atoms with van der Waals surface area (Å²) in [7, 11) is 3.20. The van der Waals surface area contributed by atoms with Crippen LogP contribution in [0.2, 0.25) is 0 Å². The molecule has 194 valence electrons. The van der Waals surface area contributed by atoms with Crippen molar-refractivity contribution >= 4 is 28.2 Å². The van der Waals surface area contributed by atoms with Gasteiger partial charge in [0.05, 0.1) is 35.9 Å². The maximum Gasteiger partial charge on any atom is 0.269 e. The third-order valence-corrected chi connectivity index (χ3v) is 6.87. The van der Waals surface area contributed by atoms with Crippen LogP contribution in [-0.4, -0.2) is 61.1 Å². The van der Waals surface area contributed by atoms with Gasteiger partial charge in [0, 0.05) is 61.0 Å². The van der Waals surface area contributed by atoms with Crippen LogP contribution in [-0.2, 0) is 0 Å². The lowest BCUT2D eigenvalue weighted by molar-refractivity contribution is -0.384. The number of aryl methyl sites for hydroxylation is 1. The fourth-order valence-corrected chi connectivity index (χ4v) is 4.79. The first-order valence-corrected chi connectivity index (χ1v) is 12.3. The summed E-state index contributed by atoms with van der Waals surface area (Å²) in [6, 6.07) is 19.8. The zero-order chi connectivity index (χ0) is 26.8. The summed E-state index contributed by atoms with van der Waals surface area (Å²) < 4.78 is 10.9. The number of piperazine rings is 1. The van der Waals surface area contributed by atoms with Crippen molar-refractivity contribution in [2.45, 2.75) is 6.92 Å². The van der Waals surface area contributed by atoms with Gasteiger partial charge in [0.2, 0.25) is 0 Å². The Bertz CT molecular complexity index is 1510. The number of aromatic nitrogens is 1. The summed E-state index contributed by atoms with van der Waals surface area (Å²) in [5, 5.41) is 11.8. The first-order chi connectivity index (χ1) is 18.4. The van der Waals surface area contributed by atoms with Crippen LogP contribution in [0.5, 0.6) is 11.5 Å². The maximum atomic E-state index is 13.9. The third kappa shape index (κ3) is 4.82. The number of nitro benzene ring substituents is 1. The number of rotatable bonds is 6. The Kier molecular flexibility index (Phi) is 6.83. The molecule has 5 rings (SSSR count). The Hall–Kier alpha value is -4.66. The molecule has 9 nitrogen and oxygen atoms in total. The summed E-state index contributed by atoms with van der Waals surface area (Å²) in [6.45, 7) is 4.33. The van der Waals surface area contributed by atoms with Gasteiger partial charge in [-0.3, -0.25) is 14.9 Å². The molecule has 0 bridgehead atoms. The van der Waals surface area contributed by atoms with E-state index in [2.05, 4.69) is 4.90 Å². The summed E-state index contributed by atoms with van der Waals surface area (Å²) in [5.74, 6) is 1.22. The molecule has 1 aromatic heterocycles. The molecule has 9 heteroatoms. The van der Waals surface area contributed by atoms with Crippen LogP contribution in [0.3, 0.4) is 0 Å². The molecule has 0 spiro atoms. The second-order valence-electron chi connectivity index (χ2n) is 9.19. The first kappa shape index (κ1) is 25.0. The van der Waals surface area contributed by atoms with E-state index in [0.29, 0.717) is 48.9 Å². The number of fused-ring (bicyclic) bond motifs is 1. The van der Waals surface area contributed by atoms with E-state index in [1.807, 2.05) is 48.2 Å². The van der Waals surface area contributed by atoms with Crippen LogP contribution in [0.1, 0.15) is 15.9 Å². The average molecular weight is 513 g/mol. The van der Waals surface area contributed by atoms with Crippen molar-refractivity contribution in [3.8, 4) is 22.8 Å². The summed E-state index contributed by atoms with van der Waals surface area (Å²) >= 11 is 0. The van der Waals surface area contributed by atoms with Crippen molar-refractivity contribution in [3.63, 3.8) is 0 Å².